The van der Waals surface area contributed by atoms with Crippen LogP contribution in [0.2, 0.25) is 0 Å². The lowest BCUT2D eigenvalue weighted by Crippen LogP contribution is -2.54. The number of carbonyl (C=O) groups is 1. The number of amides is 1. The Morgan fingerprint density at radius 3 is 2.53 bits per heavy atom. The highest BCUT2D eigenvalue weighted by atomic mass is 16.2. The van der Waals surface area contributed by atoms with Gasteiger partial charge >= 0.3 is 0 Å². The molecule has 1 spiro atoms. The van der Waals surface area contributed by atoms with Gasteiger partial charge in [0.1, 0.15) is 5.54 Å². The minimum atomic E-state index is -0.360. The largest absolute Gasteiger partial charge is 0.370 e. The van der Waals surface area contributed by atoms with Gasteiger partial charge in [0.15, 0.2) is 0 Å². The molecular formula is C14H18N2O. The molecule has 0 bridgehead atoms. The molecule has 1 aromatic carbocycles. The highest BCUT2D eigenvalue weighted by Gasteiger charge is 2.43. The van der Waals surface area contributed by atoms with Gasteiger partial charge in [0.25, 0.3) is 0 Å². The van der Waals surface area contributed by atoms with Crippen LogP contribution in [0.3, 0.4) is 0 Å². The number of benzene rings is 1. The summed E-state index contributed by atoms with van der Waals surface area (Å²) in [6.07, 6.45) is 4.13. The third-order valence-electron chi connectivity index (χ3n) is 4.11. The number of nitrogens with one attached hydrogen (secondary N) is 2. The van der Waals surface area contributed by atoms with Crippen LogP contribution in [0.5, 0.6) is 0 Å². The number of para-hydroxylation sites is 2. The summed E-state index contributed by atoms with van der Waals surface area (Å²) in [6.45, 7) is 2.27. The predicted octanol–water partition coefficient (Wildman–Crippen LogP) is 3.00. The van der Waals surface area contributed by atoms with Gasteiger partial charge in [-0.25, -0.2) is 0 Å². The first-order chi connectivity index (χ1) is 8.20. The zero-order valence-corrected chi connectivity index (χ0v) is 10.1. The van der Waals surface area contributed by atoms with Gasteiger partial charge in [-0.15, -0.1) is 0 Å². The van der Waals surface area contributed by atoms with E-state index in [4.69, 9.17) is 0 Å². The standard InChI is InChI=1S/C14H18N2O/c1-10-6-8-14(9-7-10)13(17)15-11-4-2-3-5-12(11)16-14/h2-5,10,16H,6-9H2,1H3,(H,15,17). The quantitative estimate of drug-likeness (QED) is 0.719. The van der Waals surface area contributed by atoms with Gasteiger partial charge in [-0.05, 0) is 43.7 Å². The maximum absolute atomic E-state index is 12.3. The molecule has 2 aliphatic rings. The van der Waals surface area contributed by atoms with E-state index >= 15 is 0 Å². The Labute approximate surface area is 102 Å². The second-order valence-corrected chi connectivity index (χ2v) is 5.39. The van der Waals surface area contributed by atoms with Crippen molar-refractivity contribution in [2.75, 3.05) is 10.6 Å². The number of carbonyl (C=O) groups excluding carboxylic acids is 1. The van der Waals surface area contributed by atoms with Gasteiger partial charge in [-0.2, -0.15) is 0 Å². The number of rotatable bonds is 0. The summed E-state index contributed by atoms with van der Waals surface area (Å²) in [5, 5.41) is 6.50. The Bertz CT molecular complexity index is 447. The molecular weight excluding hydrogens is 212 g/mol. The first kappa shape index (κ1) is 10.6. The van der Waals surface area contributed by atoms with E-state index in [1.807, 2.05) is 24.3 Å². The van der Waals surface area contributed by atoms with E-state index in [9.17, 15) is 4.79 Å². The number of hydrogen-bond acceptors (Lipinski definition) is 2. The van der Waals surface area contributed by atoms with Crippen molar-refractivity contribution in [3.63, 3.8) is 0 Å². The van der Waals surface area contributed by atoms with Gasteiger partial charge < -0.3 is 10.6 Å². The van der Waals surface area contributed by atoms with Crippen LogP contribution in [-0.2, 0) is 4.79 Å². The van der Waals surface area contributed by atoms with Crippen molar-refractivity contribution in [3.8, 4) is 0 Å². The summed E-state index contributed by atoms with van der Waals surface area (Å²) in [6, 6.07) is 7.93. The molecule has 3 nitrogen and oxygen atoms in total. The smallest absolute Gasteiger partial charge is 0.250 e. The number of hydrogen-bond donors (Lipinski definition) is 2. The number of fused-ring (bicyclic) bond motifs is 1. The zero-order valence-electron chi connectivity index (χ0n) is 10.1. The fraction of sp³-hybridized carbons (Fsp3) is 0.500. The van der Waals surface area contributed by atoms with E-state index in [1.165, 1.54) is 0 Å². The summed E-state index contributed by atoms with van der Waals surface area (Å²) in [7, 11) is 0. The summed E-state index contributed by atoms with van der Waals surface area (Å²) in [5.41, 5.74) is 1.60. The van der Waals surface area contributed by atoms with Crippen LogP contribution in [-0.4, -0.2) is 11.4 Å². The van der Waals surface area contributed by atoms with Crippen molar-refractivity contribution in [2.45, 2.75) is 38.1 Å². The first-order valence-electron chi connectivity index (χ1n) is 6.38. The van der Waals surface area contributed by atoms with Crippen LogP contribution in [0.15, 0.2) is 24.3 Å². The molecule has 0 saturated heterocycles. The molecule has 1 aliphatic carbocycles. The minimum Gasteiger partial charge on any atom is -0.370 e. The van der Waals surface area contributed by atoms with E-state index < -0.39 is 0 Å². The lowest BCUT2D eigenvalue weighted by Gasteiger charge is -2.42. The van der Waals surface area contributed by atoms with Crippen molar-refractivity contribution in [2.24, 2.45) is 5.92 Å². The molecule has 3 rings (SSSR count). The summed E-state index contributed by atoms with van der Waals surface area (Å²) in [5.74, 6) is 0.885. The maximum Gasteiger partial charge on any atom is 0.250 e. The van der Waals surface area contributed by atoms with Crippen LogP contribution in [0.25, 0.3) is 0 Å². The lowest BCUT2D eigenvalue weighted by molar-refractivity contribution is -0.121. The van der Waals surface area contributed by atoms with Crippen LogP contribution in [0, 0.1) is 5.92 Å². The Balaban J connectivity index is 1.91. The fourth-order valence-electron chi connectivity index (χ4n) is 2.86. The monoisotopic (exact) mass is 230 g/mol. The topological polar surface area (TPSA) is 41.1 Å². The molecule has 0 atom stereocenters. The molecule has 3 heteroatoms. The average molecular weight is 230 g/mol. The molecule has 1 aliphatic heterocycles. The molecule has 0 aromatic heterocycles. The zero-order chi connectivity index (χ0) is 11.9. The Hall–Kier alpha value is -1.51. The molecule has 90 valence electrons. The molecule has 1 aromatic rings. The van der Waals surface area contributed by atoms with E-state index in [0.717, 1.165) is 43.0 Å². The molecule has 2 N–H and O–H groups in total. The Kier molecular flexibility index (Phi) is 2.35. The molecule has 17 heavy (non-hydrogen) atoms. The second-order valence-electron chi connectivity index (χ2n) is 5.39. The number of anilines is 2. The molecule has 1 amide bonds. The predicted molar refractivity (Wildman–Crippen MR) is 69.1 cm³/mol. The van der Waals surface area contributed by atoms with Crippen molar-refractivity contribution in [1.82, 2.24) is 0 Å². The first-order valence-corrected chi connectivity index (χ1v) is 6.38. The maximum atomic E-state index is 12.3. The van der Waals surface area contributed by atoms with Crippen LogP contribution in [0.1, 0.15) is 32.6 Å². The van der Waals surface area contributed by atoms with Crippen molar-refractivity contribution in [1.29, 1.82) is 0 Å². The van der Waals surface area contributed by atoms with E-state index in [0.29, 0.717) is 0 Å². The van der Waals surface area contributed by atoms with Gasteiger partial charge in [0.05, 0.1) is 11.4 Å². The van der Waals surface area contributed by atoms with Crippen LogP contribution in [0.4, 0.5) is 11.4 Å². The third kappa shape index (κ3) is 1.70. The van der Waals surface area contributed by atoms with Crippen molar-refractivity contribution < 1.29 is 4.79 Å². The molecule has 1 saturated carbocycles. The summed E-state index contributed by atoms with van der Waals surface area (Å²) >= 11 is 0. The Morgan fingerprint density at radius 2 is 1.82 bits per heavy atom. The molecule has 1 heterocycles. The molecule has 1 fully saturated rings. The van der Waals surface area contributed by atoms with Gasteiger partial charge in [-0.3, -0.25) is 4.79 Å². The van der Waals surface area contributed by atoms with Crippen LogP contribution >= 0.6 is 0 Å². The van der Waals surface area contributed by atoms with Gasteiger partial charge in [0, 0.05) is 0 Å². The van der Waals surface area contributed by atoms with Gasteiger partial charge in [-0.1, -0.05) is 19.1 Å². The van der Waals surface area contributed by atoms with Crippen molar-refractivity contribution >= 4 is 17.3 Å². The third-order valence-corrected chi connectivity index (χ3v) is 4.11. The molecule has 0 unspecified atom stereocenters. The van der Waals surface area contributed by atoms with Crippen molar-refractivity contribution in [3.05, 3.63) is 24.3 Å². The van der Waals surface area contributed by atoms with Crippen LogP contribution < -0.4 is 10.6 Å². The van der Waals surface area contributed by atoms with E-state index in [1.54, 1.807) is 0 Å². The summed E-state index contributed by atoms with van der Waals surface area (Å²) < 4.78 is 0. The normalized spacial score (nSPS) is 31.6. The highest BCUT2D eigenvalue weighted by molar-refractivity contribution is 6.06. The second kappa shape index (κ2) is 3.76. The highest BCUT2D eigenvalue weighted by Crippen LogP contribution is 2.40. The average Bonchev–Trinajstić information content (AvgIpc) is 2.34. The van der Waals surface area contributed by atoms with Gasteiger partial charge in [0.2, 0.25) is 5.91 Å². The SMILES string of the molecule is CC1CCC2(CC1)Nc1ccccc1NC2=O. The van der Waals surface area contributed by atoms with E-state index in [-0.39, 0.29) is 11.4 Å². The minimum absolute atomic E-state index is 0.142. The lowest BCUT2D eigenvalue weighted by atomic mass is 9.75. The van der Waals surface area contributed by atoms with E-state index in [2.05, 4.69) is 17.6 Å². The Morgan fingerprint density at radius 1 is 1.18 bits per heavy atom. The molecule has 0 radical (unpaired) electrons. The fourth-order valence-corrected chi connectivity index (χ4v) is 2.86. The summed E-state index contributed by atoms with van der Waals surface area (Å²) in [4.78, 5) is 12.3.